The van der Waals surface area contributed by atoms with Gasteiger partial charge in [-0.3, -0.25) is 0 Å². The molecule has 3 aliphatic carbocycles. The zero-order valence-corrected chi connectivity index (χ0v) is 14.8. The van der Waals surface area contributed by atoms with Crippen LogP contribution in [0.2, 0.25) is 0 Å². The molecule has 0 aromatic carbocycles. The van der Waals surface area contributed by atoms with Gasteiger partial charge in [0.2, 0.25) is 0 Å². The van der Waals surface area contributed by atoms with Crippen LogP contribution in [0.5, 0.6) is 0 Å². The van der Waals surface area contributed by atoms with Crippen LogP contribution in [-0.4, -0.2) is 12.3 Å². The van der Waals surface area contributed by atoms with Gasteiger partial charge in [-0.2, -0.15) is 0 Å². The smallest absolute Gasteiger partial charge is 0.131 e. The summed E-state index contributed by atoms with van der Waals surface area (Å²) < 4.78 is 27.0. The summed E-state index contributed by atoms with van der Waals surface area (Å²) in [6, 6.07) is 0. The predicted molar refractivity (Wildman–Crippen MR) is 92.9 cm³/mol. The van der Waals surface area contributed by atoms with E-state index in [1.807, 2.05) is 0 Å². The summed E-state index contributed by atoms with van der Waals surface area (Å²) >= 11 is 0. The topological polar surface area (TPSA) is 0 Å². The van der Waals surface area contributed by atoms with Crippen LogP contribution in [0.15, 0.2) is 11.6 Å². The van der Waals surface area contributed by atoms with E-state index in [9.17, 15) is 8.78 Å². The molecular formula is C21H34F2. The highest BCUT2D eigenvalue weighted by Gasteiger charge is 2.35. The quantitative estimate of drug-likeness (QED) is 0.499. The zero-order valence-electron chi connectivity index (χ0n) is 14.8. The van der Waals surface area contributed by atoms with Gasteiger partial charge in [-0.1, -0.05) is 31.4 Å². The lowest BCUT2D eigenvalue weighted by Gasteiger charge is -2.37. The summed E-state index contributed by atoms with van der Waals surface area (Å²) in [5.41, 5.74) is 1.70. The summed E-state index contributed by atoms with van der Waals surface area (Å²) in [4.78, 5) is 0. The van der Waals surface area contributed by atoms with Crippen molar-refractivity contribution in [1.82, 2.24) is 0 Å². The van der Waals surface area contributed by atoms with Gasteiger partial charge in [-0.25, -0.2) is 8.78 Å². The Morgan fingerprint density at radius 3 is 2.30 bits per heavy atom. The summed E-state index contributed by atoms with van der Waals surface area (Å²) in [6.07, 6.45) is 13.8. The Bertz CT molecular complexity index is 395. The van der Waals surface area contributed by atoms with Crippen LogP contribution in [0, 0.1) is 23.7 Å². The second kappa shape index (κ2) is 8.12. The van der Waals surface area contributed by atoms with Gasteiger partial charge < -0.3 is 0 Å². The fourth-order valence-electron chi connectivity index (χ4n) is 5.44. The highest BCUT2D eigenvalue weighted by molar-refractivity contribution is 5.12. The third-order valence-electron chi connectivity index (χ3n) is 6.95. The van der Waals surface area contributed by atoms with Gasteiger partial charge in [0.25, 0.3) is 0 Å². The lowest BCUT2D eigenvalue weighted by Crippen LogP contribution is -2.32. The van der Waals surface area contributed by atoms with E-state index in [1.165, 1.54) is 51.4 Å². The van der Waals surface area contributed by atoms with Gasteiger partial charge in [0.15, 0.2) is 0 Å². The van der Waals surface area contributed by atoms with Crippen LogP contribution in [0.25, 0.3) is 0 Å². The molecular weight excluding hydrogens is 290 g/mol. The minimum absolute atomic E-state index is 0.426. The first-order valence-corrected chi connectivity index (χ1v) is 10.1. The molecule has 3 rings (SSSR count). The van der Waals surface area contributed by atoms with E-state index in [1.54, 1.807) is 5.57 Å². The first kappa shape index (κ1) is 17.4. The monoisotopic (exact) mass is 324 g/mol. The Morgan fingerprint density at radius 1 is 0.913 bits per heavy atom. The van der Waals surface area contributed by atoms with Crippen LogP contribution < -0.4 is 0 Å². The average Bonchev–Trinajstić information content (AvgIpc) is 2.59. The second-order valence-electron chi connectivity index (χ2n) is 8.42. The summed E-state index contributed by atoms with van der Waals surface area (Å²) in [6.45, 7) is 2.30. The molecule has 3 aliphatic rings. The van der Waals surface area contributed by atoms with Crippen LogP contribution in [0.4, 0.5) is 8.78 Å². The molecule has 2 saturated carbocycles. The molecule has 2 fully saturated rings. The summed E-state index contributed by atoms with van der Waals surface area (Å²) in [7, 11) is 0. The van der Waals surface area contributed by atoms with Crippen molar-refractivity contribution in [2.45, 2.75) is 96.3 Å². The van der Waals surface area contributed by atoms with Crippen molar-refractivity contribution in [3.63, 3.8) is 0 Å². The number of allylic oxidation sites excluding steroid dienone is 2. The Labute approximate surface area is 141 Å². The minimum Gasteiger partial charge on any atom is -0.244 e. The average molecular weight is 324 g/mol. The number of hydrogen-bond acceptors (Lipinski definition) is 0. The molecule has 0 bridgehead atoms. The number of rotatable bonds is 4. The molecule has 2 heteroatoms. The molecule has 4 unspecified atom stereocenters. The van der Waals surface area contributed by atoms with E-state index in [0.717, 1.165) is 24.7 Å². The van der Waals surface area contributed by atoms with Gasteiger partial charge >= 0.3 is 0 Å². The molecule has 0 N–H and O–H groups in total. The SMILES string of the molecule is CCCC1CCC(C2=CCC(C3CCC(F)C(F)C3)CC2)CC1. The van der Waals surface area contributed by atoms with E-state index in [-0.39, 0.29) is 0 Å². The maximum Gasteiger partial charge on any atom is 0.131 e. The molecule has 0 radical (unpaired) electrons. The van der Waals surface area contributed by atoms with E-state index in [2.05, 4.69) is 13.0 Å². The molecule has 0 aromatic heterocycles. The van der Waals surface area contributed by atoms with E-state index < -0.39 is 12.3 Å². The highest BCUT2D eigenvalue weighted by atomic mass is 19.2. The molecule has 23 heavy (non-hydrogen) atoms. The Balaban J connectivity index is 1.47. The largest absolute Gasteiger partial charge is 0.244 e. The van der Waals surface area contributed by atoms with Crippen molar-refractivity contribution in [2.24, 2.45) is 23.7 Å². The van der Waals surface area contributed by atoms with Gasteiger partial charge in [0.1, 0.15) is 12.3 Å². The normalized spacial score (nSPS) is 42.3. The van der Waals surface area contributed by atoms with Crippen LogP contribution in [0.3, 0.4) is 0 Å². The van der Waals surface area contributed by atoms with Crippen LogP contribution >= 0.6 is 0 Å². The third kappa shape index (κ3) is 4.37. The van der Waals surface area contributed by atoms with Gasteiger partial charge in [0.05, 0.1) is 0 Å². The predicted octanol–water partition coefficient (Wildman–Crippen LogP) is 6.80. The first-order chi connectivity index (χ1) is 11.2. The number of halogens is 2. The summed E-state index contributed by atoms with van der Waals surface area (Å²) in [5.74, 6) is 2.85. The molecule has 0 amide bonds. The molecule has 0 heterocycles. The van der Waals surface area contributed by atoms with E-state index in [0.29, 0.717) is 24.7 Å². The fraction of sp³-hybridized carbons (Fsp3) is 0.905. The standard InChI is InChI=1S/C21H34F2/c1-2-3-15-4-6-16(7-5-15)17-8-10-18(11-9-17)19-12-13-20(22)21(23)14-19/h8,15-16,18-21H,2-7,9-14H2,1H3. The third-order valence-corrected chi connectivity index (χ3v) is 6.95. The lowest BCUT2D eigenvalue weighted by atomic mass is 9.69. The minimum atomic E-state index is -1.20. The zero-order chi connectivity index (χ0) is 16.2. The Hall–Kier alpha value is -0.400. The molecule has 0 nitrogen and oxygen atoms in total. The van der Waals surface area contributed by atoms with Crippen molar-refractivity contribution in [1.29, 1.82) is 0 Å². The first-order valence-electron chi connectivity index (χ1n) is 10.1. The molecule has 0 saturated heterocycles. The van der Waals surface area contributed by atoms with Crippen molar-refractivity contribution in [3.8, 4) is 0 Å². The van der Waals surface area contributed by atoms with Gasteiger partial charge in [0, 0.05) is 0 Å². The van der Waals surface area contributed by atoms with Crippen LogP contribution in [0.1, 0.15) is 84.0 Å². The lowest BCUT2D eigenvalue weighted by molar-refractivity contribution is 0.0656. The number of hydrogen-bond donors (Lipinski definition) is 0. The van der Waals surface area contributed by atoms with E-state index in [4.69, 9.17) is 0 Å². The van der Waals surface area contributed by atoms with E-state index >= 15 is 0 Å². The molecule has 0 aromatic rings. The molecule has 132 valence electrons. The van der Waals surface area contributed by atoms with Gasteiger partial charge in [-0.05, 0) is 87.9 Å². The second-order valence-corrected chi connectivity index (χ2v) is 8.42. The van der Waals surface area contributed by atoms with Gasteiger partial charge in [-0.15, -0.1) is 0 Å². The van der Waals surface area contributed by atoms with Crippen molar-refractivity contribution in [3.05, 3.63) is 11.6 Å². The number of alkyl halides is 2. The fourth-order valence-corrected chi connectivity index (χ4v) is 5.44. The summed E-state index contributed by atoms with van der Waals surface area (Å²) in [5, 5.41) is 0. The van der Waals surface area contributed by atoms with Crippen molar-refractivity contribution in [2.75, 3.05) is 0 Å². The molecule has 4 atom stereocenters. The molecule has 0 spiro atoms. The van der Waals surface area contributed by atoms with Crippen molar-refractivity contribution >= 4 is 0 Å². The maximum atomic E-state index is 13.7. The van der Waals surface area contributed by atoms with Crippen LogP contribution in [-0.2, 0) is 0 Å². The Morgan fingerprint density at radius 2 is 1.70 bits per heavy atom. The maximum absolute atomic E-state index is 13.7. The highest BCUT2D eigenvalue weighted by Crippen LogP contribution is 2.43. The molecule has 0 aliphatic heterocycles. The van der Waals surface area contributed by atoms with Crippen molar-refractivity contribution < 1.29 is 8.78 Å². The Kier molecular flexibility index (Phi) is 6.15.